The van der Waals surface area contributed by atoms with E-state index >= 15 is 0 Å². The number of amides is 1. The maximum atomic E-state index is 11.9. The van der Waals surface area contributed by atoms with Crippen LogP contribution in [0.25, 0.3) is 10.9 Å². The smallest absolute Gasteiger partial charge is 0.250 e. The average molecular weight is 269 g/mol. The van der Waals surface area contributed by atoms with E-state index < -0.39 is 0 Å². The Bertz CT molecular complexity index is 669. The second-order valence-electron chi connectivity index (χ2n) is 5.71. The van der Waals surface area contributed by atoms with Crippen LogP contribution < -0.4 is 5.32 Å². The van der Waals surface area contributed by atoms with Gasteiger partial charge in [-0.15, -0.1) is 0 Å². The number of nitrogens with zero attached hydrogens (tertiary/aromatic N) is 2. The van der Waals surface area contributed by atoms with Gasteiger partial charge in [0.15, 0.2) is 0 Å². The highest BCUT2D eigenvalue weighted by molar-refractivity contribution is 6.06. The monoisotopic (exact) mass is 269 g/mol. The molecule has 1 atom stereocenters. The number of hydrogen-bond acceptors (Lipinski definition) is 2. The zero-order valence-electron chi connectivity index (χ0n) is 11.8. The molecule has 1 amide bonds. The Kier molecular flexibility index (Phi) is 3.30. The van der Waals surface area contributed by atoms with Gasteiger partial charge >= 0.3 is 0 Å². The SMILES string of the molecule is CC(C)CC1N=C(Cn2ccc3ccccc32)NC1=O. The van der Waals surface area contributed by atoms with E-state index in [9.17, 15) is 4.79 Å². The summed E-state index contributed by atoms with van der Waals surface area (Å²) in [6, 6.07) is 10.1. The van der Waals surface area contributed by atoms with E-state index in [0.29, 0.717) is 12.5 Å². The molecule has 104 valence electrons. The largest absolute Gasteiger partial charge is 0.340 e. The summed E-state index contributed by atoms with van der Waals surface area (Å²) in [5.74, 6) is 1.27. The third-order valence-electron chi connectivity index (χ3n) is 3.58. The second-order valence-corrected chi connectivity index (χ2v) is 5.71. The lowest BCUT2D eigenvalue weighted by molar-refractivity contribution is -0.120. The van der Waals surface area contributed by atoms with Gasteiger partial charge in [0.25, 0.3) is 0 Å². The number of nitrogens with one attached hydrogen (secondary N) is 1. The molecule has 0 radical (unpaired) electrons. The molecule has 0 fully saturated rings. The molecular weight excluding hydrogens is 250 g/mol. The predicted octanol–water partition coefficient (Wildman–Crippen LogP) is 2.58. The second kappa shape index (κ2) is 5.12. The van der Waals surface area contributed by atoms with Gasteiger partial charge in [0, 0.05) is 11.7 Å². The molecule has 1 aliphatic heterocycles. The number of aliphatic imine (C=N–C) groups is 1. The Morgan fingerprint density at radius 3 is 2.90 bits per heavy atom. The molecule has 1 N–H and O–H groups in total. The highest BCUT2D eigenvalue weighted by Gasteiger charge is 2.26. The lowest BCUT2D eigenvalue weighted by atomic mass is 10.0. The first-order valence-electron chi connectivity index (χ1n) is 7.05. The molecule has 2 heterocycles. The topological polar surface area (TPSA) is 46.4 Å². The van der Waals surface area contributed by atoms with E-state index in [1.54, 1.807) is 0 Å². The van der Waals surface area contributed by atoms with Gasteiger partial charge in [0.1, 0.15) is 11.9 Å². The van der Waals surface area contributed by atoms with Crippen LogP contribution in [0.1, 0.15) is 20.3 Å². The van der Waals surface area contributed by atoms with Crippen molar-refractivity contribution >= 4 is 22.6 Å². The van der Waals surface area contributed by atoms with Crippen LogP contribution in [0.4, 0.5) is 0 Å². The number of carbonyl (C=O) groups is 1. The summed E-state index contributed by atoms with van der Waals surface area (Å²) < 4.78 is 2.12. The van der Waals surface area contributed by atoms with Crippen molar-refractivity contribution < 1.29 is 4.79 Å². The lowest BCUT2D eigenvalue weighted by Gasteiger charge is -2.06. The molecular formula is C16H19N3O. The predicted molar refractivity (Wildman–Crippen MR) is 80.8 cm³/mol. The normalized spacial score (nSPS) is 18.6. The Hall–Kier alpha value is -2.10. The number of carbonyl (C=O) groups excluding carboxylic acids is 1. The van der Waals surface area contributed by atoms with Crippen LogP contribution in [0.2, 0.25) is 0 Å². The van der Waals surface area contributed by atoms with Crippen LogP contribution in [-0.4, -0.2) is 22.4 Å². The molecule has 0 saturated heterocycles. The molecule has 1 unspecified atom stereocenters. The van der Waals surface area contributed by atoms with Crippen molar-refractivity contribution in [3.05, 3.63) is 36.5 Å². The highest BCUT2D eigenvalue weighted by Crippen LogP contribution is 2.17. The molecule has 1 aromatic carbocycles. The van der Waals surface area contributed by atoms with Crippen molar-refractivity contribution in [2.45, 2.75) is 32.9 Å². The maximum Gasteiger partial charge on any atom is 0.250 e. The van der Waals surface area contributed by atoms with Crippen molar-refractivity contribution in [2.75, 3.05) is 0 Å². The summed E-state index contributed by atoms with van der Waals surface area (Å²) in [6.45, 7) is 4.84. The molecule has 20 heavy (non-hydrogen) atoms. The van der Waals surface area contributed by atoms with Gasteiger partial charge in [-0.05, 0) is 29.9 Å². The van der Waals surface area contributed by atoms with E-state index in [-0.39, 0.29) is 11.9 Å². The Labute approximate surface area is 118 Å². The zero-order chi connectivity index (χ0) is 14.1. The van der Waals surface area contributed by atoms with Crippen molar-refractivity contribution in [2.24, 2.45) is 10.9 Å². The Morgan fingerprint density at radius 1 is 1.30 bits per heavy atom. The van der Waals surface area contributed by atoms with Crippen LogP contribution in [0.3, 0.4) is 0 Å². The van der Waals surface area contributed by atoms with Gasteiger partial charge in [0.05, 0.1) is 6.54 Å². The fourth-order valence-corrected chi connectivity index (χ4v) is 2.63. The number of rotatable bonds is 4. The fraction of sp³-hybridized carbons (Fsp3) is 0.375. The van der Waals surface area contributed by atoms with Gasteiger partial charge in [-0.3, -0.25) is 9.79 Å². The van der Waals surface area contributed by atoms with Crippen LogP contribution in [-0.2, 0) is 11.3 Å². The summed E-state index contributed by atoms with van der Waals surface area (Å²) in [7, 11) is 0. The zero-order valence-corrected chi connectivity index (χ0v) is 11.8. The lowest BCUT2D eigenvalue weighted by Crippen LogP contribution is -2.31. The van der Waals surface area contributed by atoms with Gasteiger partial charge < -0.3 is 9.88 Å². The molecule has 0 bridgehead atoms. The molecule has 4 nitrogen and oxygen atoms in total. The summed E-state index contributed by atoms with van der Waals surface area (Å²) in [5, 5.41) is 4.11. The molecule has 3 rings (SSSR count). The number of para-hydroxylation sites is 1. The van der Waals surface area contributed by atoms with Crippen LogP contribution in [0.5, 0.6) is 0 Å². The molecule has 4 heteroatoms. The number of hydrogen-bond donors (Lipinski definition) is 1. The van der Waals surface area contributed by atoms with Crippen molar-refractivity contribution in [3.63, 3.8) is 0 Å². The third kappa shape index (κ3) is 2.46. The molecule has 2 aromatic rings. The Balaban J connectivity index is 1.80. The van der Waals surface area contributed by atoms with Gasteiger partial charge in [-0.2, -0.15) is 0 Å². The standard InChI is InChI=1S/C16H19N3O/c1-11(2)9-13-16(20)18-15(17-13)10-19-8-7-12-5-3-4-6-14(12)19/h3-8,11,13H,9-10H2,1-2H3,(H,17,18,20). The number of aromatic nitrogens is 1. The minimum atomic E-state index is -0.216. The Morgan fingerprint density at radius 2 is 2.10 bits per heavy atom. The molecule has 0 spiro atoms. The fourth-order valence-electron chi connectivity index (χ4n) is 2.63. The van der Waals surface area contributed by atoms with E-state index in [4.69, 9.17) is 0 Å². The van der Waals surface area contributed by atoms with Crippen LogP contribution >= 0.6 is 0 Å². The third-order valence-corrected chi connectivity index (χ3v) is 3.58. The van der Waals surface area contributed by atoms with Crippen molar-refractivity contribution in [1.82, 2.24) is 9.88 Å². The average Bonchev–Trinajstić information content (AvgIpc) is 2.95. The summed E-state index contributed by atoms with van der Waals surface area (Å²) in [6.07, 6.45) is 2.84. The van der Waals surface area contributed by atoms with Gasteiger partial charge in [-0.25, -0.2) is 0 Å². The quantitative estimate of drug-likeness (QED) is 0.911. The first kappa shape index (κ1) is 12.9. The van der Waals surface area contributed by atoms with Crippen LogP contribution in [0, 0.1) is 5.92 Å². The summed E-state index contributed by atoms with van der Waals surface area (Å²) in [4.78, 5) is 16.4. The summed E-state index contributed by atoms with van der Waals surface area (Å²) in [5.41, 5.74) is 1.16. The van der Waals surface area contributed by atoms with E-state index in [2.05, 4.69) is 46.9 Å². The molecule has 1 aromatic heterocycles. The van der Waals surface area contributed by atoms with Crippen molar-refractivity contribution in [1.29, 1.82) is 0 Å². The van der Waals surface area contributed by atoms with E-state index in [1.165, 1.54) is 5.39 Å². The molecule has 0 aliphatic carbocycles. The number of benzene rings is 1. The van der Waals surface area contributed by atoms with Gasteiger partial charge in [0.2, 0.25) is 5.91 Å². The van der Waals surface area contributed by atoms with Crippen molar-refractivity contribution in [3.8, 4) is 0 Å². The summed E-state index contributed by atoms with van der Waals surface area (Å²) >= 11 is 0. The first-order valence-corrected chi connectivity index (χ1v) is 7.05. The highest BCUT2D eigenvalue weighted by atomic mass is 16.2. The van der Waals surface area contributed by atoms with E-state index in [1.807, 2.05) is 18.3 Å². The van der Waals surface area contributed by atoms with E-state index in [0.717, 1.165) is 17.8 Å². The number of fused-ring (bicyclic) bond motifs is 1. The van der Waals surface area contributed by atoms with Crippen LogP contribution in [0.15, 0.2) is 41.5 Å². The minimum absolute atomic E-state index is 0.0326. The molecule has 0 saturated carbocycles. The minimum Gasteiger partial charge on any atom is -0.340 e. The first-order chi connectivity index (χ1) is 9.63. The number of amidine groups is 1. The van der Waals surface area contributed by atoms with Gasteiger partial charge in [-0.1, -0.05) is 32.0 Å². The maximum absolute atomic E-state index is 11.9. The molecule has 1 aliphatic rings.